The van der Waals surface area contributed by atoms with E-state index in [9.17, 15) is 4.79 Å². The number of fused-ring (bicyclic) bond motifs is 2. The summed E-state index contributed by atoms with van der Waals surface area (Å²) in [5.41, 5.74) is 7.30. The Balaban J connectivity index is 1.46. The second-order valence-corrected chi connectivity index (χ2v) is 6.15. The van der Waals surface area contributed by atoms with Crippen LogP contribution in [0.5, 0.6) is 0 Å². The summed E-state index contributed by atoms with van der Waals surface area (Å²) in [5, 5.41) is 6.60. The van der Waals surface area contributed by atoms with Gasteiger partial charge in [0.2, 0.25) is 0 Å². The zero-order valence-electron chi connectivity index (χ0n) is 12.2. The third kappa shape index (κ3) is 2.37. The van der Waals surface area contributed by atoms with Crippen molar-refractivity contribution < 1.29 is 9.21 Å². The first-order valence-electron chi connectivity index (χ1n) is 7.72. The normalized spacial score (nSPS) is 26.3. The highest BCUT2D eigenvalue weighted by molar-refractivity contribution is 5.92. The standard InChI is InChI=1S/C17H19N3O2/c18-11-3-1-10(2-4-11)15-7-8-16(22-15)17(21)20-14-9-12-5-6-13(14)19-12/h1-4,7-8,12-14,19H,5-6,9,18H2,(H,20,21). The molecule has 22 heavy (non-hydrogen) atoms. The number of benzene rings is 1. The Kier molecular flexibility index (Phi) is 3.15. The van der Waals surface area contributed by atoms with Crippen LogP contribution in [-0.4, -0.2) is 24.0 Å². The Morgan fingerprint density at radius 3 is 2.68 bits per heavy atom. The van der Waals surface area contributed by atoms with E-state index in [2.05, 4.69) is 10.6 Å². The van der Waals surface area contributed by atoms with Crippen molar-refractivity contribution in [2.75, 3.05) is 5.73 Å². The van der Waals surface area contributed by atoms with Crippen LogP contribution in [0.1, 0.15) is 29.8 Å². The summed E-state index contributed by atoms with van der Waals surface area (Å²) >= 11 is 0. The fourth-order valence-corrected chi connectivity index (χ4v) is 3.49. The number of nitrogens with one attached hydrogen (secondary N) is 2. The first-order valence-corrected chi connectivity index (χ1v) is 7.72. The van der Waals surface area contributed by atoms with Gasteiger partial charge in [0, 0.05) is 29.4 Å². The van der Waals surface area contributed by atoms with Gasteiger partial charge >= 0.3 is 0 Å². The molecule has 0 saturated carbocycles. The molecule has 2 aliphatic rings. The molecule has 2 aliphatic heterocycles. The topological polar surface area (TPSA) is 80.3 Å². The number of furan rings is 1. The third-order valence-electron chi connectivity index (χ3n) is 4.64. The van der Waals surface area contributed by atoms with Crippen molar-refractivity contribution in [1.29, 1.82) is 0 Å². The monoisotopic (exact) mass is 297 g/mol. The van der Waals surface area contributed by atoms with Crippen LogP contribution in [0.4, 0.5) is 5.69 Å². The highest BCUT2D eigenvalue weighted by Gasteiger charge is 2.39. The van der Waals surface area contributed by atoms with Crippen LogP contribution in [0.25, 0.3) is 11.3 Å². The first-order chi connectivity index (χ1) is 10.7. The lowest BCUT2D eigenvalue weighted by Crippen LogP contribution is -2.42. The molecule has 5 heteroatoms. The van der Waals surface area contributed by atoms with Gasteiger partial charge < -0.3 is 20.8 Å². The maximum atomic E-state index is 12.3. The van der Waals surface area contributed by atoms with Gasteiger partial charge in [0.1, 0.15) is 5.76 Å². The molecule has 4 N–H and O–H groups in total. The van der Waals surface area contributed by atoms with Crippen LogP contribution >= 0.6 is 0 Å². The van der Waals surface area contributed by atoms with Crippen LogP contribution in [0, 0.1) is 0 Å². The summed E-state index contributed by atoms with van der Waals surface area (Å²) in [6.45, 7) is 0. The number of carbonyl (C=O) groups is 1. The lowest BCUT2D eigenvalue weighted by Gasteiger charge is -2.20. The molecule has 1 aromatic carbocycles. The number of anilines is 1. The number of nitrogen functional groups attached to an aromatic ring is 1. The fourth-order valence-electron chi connectivity index (χ4n) is 3.49. The highest BCUT2D eigenvalue weighted by Crippen LogP contribution is 2.29. The maximum Gasteiger partial charge on any atom is 0.287 e. The molecular weight excluding hydrogens is 278 g/mol. The largest absolute Gasteiger partial charge is 0.451 e. The summed E-state index contributed by atoms with van der Waals surface area (Å²) in [5.74, 6) is 0.895. The SMILES string of the molecule is Nc1ccc(-c2ccc(C(=O)NC3CC4CCC3N4)o2)cc1. The van der Waals surface area contributed by atoms with Crippen molar-refractivity contribution in [1.82, 2.24) is 10.6 Å². The number of amides is 1. The van der Waals surface area contributed by atoms with Crippen LogP contribution in [-0.2, 0) is 0 Å². The Bertz CT molecular complexity index is 692. The van der Waals surface area contributed by atoms with Gasteiger partial charge in [-0.2, -0.15) is 0 Å². The Labute approximate surface area is 128 Å². The molecule has 2 aromatic rings. The van der Waals surface area contributed by atoms with E-state index in [1.165, 1.54) is 6.42 Å². The van der Waals surface area contributed by atoms with Crippen LogP contribution in [0.3, 0.4) is 0 Å². The summed E-state index contributed by atoms with van der Waals surface area (Å²) in [4.78, 5) is 12.3. The minimum Gasteiger partial charge on any atom is -0.451 e. The van der Waals surface area contributed by atoms with Gasteiger partial charge in [-0.15, -0.1) is 0 Å². The Morgan fingerprint density at radius 1 is 1.18 bits per heavy atom. The van der Waals surface area contributed by atoms with E-state index in [-0.39, 0.29) is 11.9 Å². The average molecular weight is 297 g/mol. The molecule has 1 amide bonds. The van der Waals surface area contributed by atoms with Gasteiger partial charge in [0.15, 0.2) is 5.76 Å². The average Bonchev–Trinajstić information content (AvgIpc) is 3.24. The number of hydrogen-bond donors (Lipinski definition) is 3. The minimum absolute atomic E-state index is 0.138. The van der Waals surface area contributed by atoms with Gasteiger partial charge in [0.05, 0.1) is 0 Å². The van der Waals surface area contributed by atoms with Gasteiger partial charge in [-0.1, -0.05) is 0 Å². The zero-order chi connectivity index (χ0) is 15.1. The zero-order valence-corrected chi connectivity index (χ0v) is 12.2. The Morgan fingerprint density at radius 2 is 2.00 bits per heavy atom. The lowest BCUT2D eigenvalue weighted by atomic mass is 9.95. The molecule has 114 valence electrons. The molecule has 0 radical (unpaired) electrons. The van der Waals surface area contributed by atoms with Crippen molar-refractivity contribution in [3.63, 3.8) is 0 Å². The summed E-state index contributed by atoms with van der Waals surface area (Å²) in [6.07, 6.45) is 3.38. The second kappa shape index (κ2) is 5.18. The molecule has 1 aromatic heterocycles. The van der Waals surface area contributed by atoms with E-state index >= 15 is 0 Å². The van der Waals surface area contributed by atoms with Crippen molar-refractivity contribution >= 4 is 11.6 Å². The lowest BCUT2D eigenvalue weighted by molar-refractivity contribution is 0.0903. The van der Waals surface area contributed by atoms with Crippen LogP contribution in [0.2, 0.25) is 0 Å². The predicted octanol–water partition coefficient (Wildman–Crippen LogP) is 2.15. The summed E-state index contributed by atoms with van der Waals surface area (Å²) in [6, 6.07) is 12.2. The fraction of sp³-hybridized carbons (Fsp3) is 0.353. The molecule has 0 aliphatic carbocycles. The molecule has 4 rings (SSSR count). The smallest absolute Gasteiger partial charge is 0.287 e. The van der Waals surface area contributed by atoms with Gasteiger partial charge in [-0.05, 0) is 55.7 Å². The van der Waals surface area contributed by atoms with E-state index in [4.69, 9.17) is 10.2 Å². The van der Waals surface area contributed by atoms with Crippen molar-refractivity contribution in [3.8, 4) is 11.3 Å². The van der Waals surface area contributed by atoms with E-state index in [0.29, 0.717) is 29.3 Å². The molecule has 3 unspecified atom stereocenters. The van der Waals surface area contributed by atoms with E-state index in [1.54, 1.807) is 6.07 Å². The number of rotatable bonds is 3. The quantitative estimate of drug-likeness (QED) is 0.758. The molecule has 3 atom stereocenters. The highest BCUT2D eigenvalue weighted by atomic mass is 16.3. The Hall–Kier alpha value is -2.27. The molecule has 2 saturated heterocycles. The van der Waals surface area contributed by atoms with E-state index in [1.807, 2.05) is 30.3 Å². The van der Waals surface area contributed by atoms with Crippen molar-refractivity contribution in [3.05, 3.63) is 42.2 Å². The summed E-state index contributed by atoms with van der Waals surface area (Å²) < 4.78 is 5.69. The third-order valence-corrected chi connectivity index (χ3v) is 4.64. The molecule has 2 bridgehead atoms. The van der Waals surface area contributed by atoms with E-state index < -0.39 is 0 Å². The maximum absolute atomic E-state index is 12.3. The predicted molar refractivity (Wildman–Crippen MR) is 84.4 cm³/mol. The molecule has 3 heterocycles. The van der Waals surface area contributed by atoms with Crippen LogP contribution in [0.15, 0.2) is 40.8 Å². The van der Waals surface area contributed by atoms with Gasteiger partial charge in [-0.25, -0.2) is 0 Å². The second-order valence-electron chi connectivity index (χ2n) is 6.15. The minimum atomic E-state index is -0.138. The number of hydrogen-bond acceptors (Lipinski definition) is 4. The molecule has 0 spiro atoms. The summed E-state index contributed by atoms with van der Waals surface area (Å²) in [7, 11) is 0. The van der Waals surface area contributed by atoms with Crippen molar-refractivity contribution in [2.24, 2.45) is 0 Å². The molecule has 2 fully saturated rings. The van der Waals surface area contributed by atoms with Crippen molar-refractivity contribution in [2.45, 2.75) is 37.4 Å². The molecular formula is C17H19N3O2. The van der Waals surface area contributed by atoms with Crippen LogP contribution < -0.4 is 16.4 Å². The van der Waals surface area contributed by atoms with Gasteiger partial charge in [0.25, 0.3) is 5.91 Å². The first kappa shape index (κ1) is 13.4. The number of nitrogens with two attached hydrogens (primary N) is 1. The number of carbonyl (C=O) groups excluding carboxylic acids is 1. The van der Waals surface area contributed by atoms with Gasteiger partial charge in [-0.3, -0.25) is 4.79 Å². The molecule has 5 nitrogen and oxygen atoms in total. The van der Waals surface area contributed by atoms with E-state index in [0.717, 1.165) is 18.4 Å².